The SMILES string of the molecule is CNc1cccnc1S(=O)(=O)NC(C)c1cn[nH]c1. The van der Waals surface area contributed by atoms with Gasteiger partial charge in [-0.3, -0.25) is 5.10 Å². The summed E-state index contributed by atoms with van der Waals surface area (Å²) in [6.07, 6.45) is 4.66. The van der Waals surface area contributed by atoms with Crippen molar-refractivity contribution in [2.45, 2.75) is 18.0 Å². The van der Waals surface area contributed by atoms with E-state index in [1.807, 2.05) is 0 Å². The maximum absolute atomic E-state index is 12.3. The molecule has 102 valence electrons. The van der Waals surface area contributed by atoms with Crippen LogP contribution in [0.5, 0.6) is 0 Å². The van der Waals surface area contributed by atoms with Crippen LogP contribution in [0.25, 0.3) is 0 Å². The smallest absolute Gasteiger partial charge is 0.260 e. The molecular formula is C11H15N5O2S. The first kappa shape index (κ1) is 13.5. The molecule has 2 aromatic rings. The van der Waals surface area contributed by atoms with Crippen molar-refractivity contribution in [3.8, 4) is 0 Å². The number of pyridine rings is 1. The van der Waals surface area contributed by atoms with Gasteiger partial charge in [-0.25, -0.2) is 18.1 Å². The van der Waals surface area contributed by atoms with E-state index in [9.17, 15) is 8.42 Å². The van der Waals surface area contributed by atoms with E-state index in [2.05, 4.69) is 25.2 Å². The summed E-state index contributed by atoms with van der Waals surface area (Å²) in [7, 11) is -2.05. The topological polar surface area (TPSA) is 99.8 Å². The lowest BCUT2D eigenvalue weighted by Gasteiger charge is -2.14. The quantitative estimate of drug-likeness (QED) is 0.755. The van der Waals surface area contributed by atoms with Crippen LogP contribution in [0.2, 0.25) is 0 Å². The van der Waals surface area contributed by atoms with Crippen LogP contribution in [0.3, 0.4) is 0 Å². The van der Waals surface area contributed by atoms with Crippen molar-refractivity contribution in [2.24, 2.45) is 0 Å². The van der Waals surface area contributed by atoms with Gasteiger partial charge in [0, 0.05) is 31.0 Å². The molecule has 0 aliphatic heterocycles. The number of hydrogen-bond acceptors (Lipinski definition) is 5. The molecule has 0 aliphatic rings. The third-order valence-corrected chi connectivity index (χ3v) is 4.14. The molecule has 7 nitrogen and oxygen atoms in total. The first-order chi connectivity index (χ1) is 9.04. The highest BCUT2D eigenvalue weighted by molar-refractivity contribution is 7.89. The Morgan fingerprint density at radius 2 is 2.21 bits per heavy atom. The molecule has 0 amide bonds. The van der Waals surface area contributed by atoms with Crippen LogP contribution >= 0.6 is 0 Å². The molecule has 19 heavy (non-hydrogen) atoms. The molecule has 8 heteroatoms. The second kappa shape index (κ2) is 5.37. The molecule has 0 saturated carbocycles. The van der Waals surface area contributed by atoms with Gasteiger partial charge >= 0.3 is 0 Å². The number of nitrogens with one attached hydrogen (secondary N) is 3. The van der Waals surface area contributed by atoms with E-state index in [-0.39, 0.29) is 5.03 Å². The molecule has 0 bridgehead atoms. The maximum Gasteiger partial charge on any atom is 0.260 e. The molecule has 1 atom stereocenters. The van der Waals surface area contributed by atoms with Crippen molar-refractivity contribution in [3.63, 3.8) is 0 Å². The molecular weight excluding hydrogens is 266 g/mol. The van der Waals surface area contributed by atoms with Gasteiger partial charge in [-0.15, -0.1) is 0 Å². The summed E-state index contributed by atoms with van der Waals surface area (Å²) in [4.78, 5) is 3.92. The zero-order valence-electron chi connectivity index (χ0n) is 10.6. The number of aromatic nitrogens is 3. The molecule has 2 heterocycles. The van der Waals surface area contributed by atoms with Gasteiger partial charge in [-0.05, 0) is 19.1 Å². The Morgan fingerprint density at radius 3 is 2.84 bits per heavy atom. The van der Waals surface area contributed by atoms with Crippen molar-refractivity contribution in [1.82, 2.24) is 19.9 Å². The summed E-state index contributed by atoms with van der Waals surface area (Å²) in [5, 5.41) is 9.23. The third kappa shape index (κ3) is 2.91. The lowest BCUT2D eigenvalue weighted by molar-refractivity contribution is 0.563. The molecule has 1 unspecified atom stereocenters. The highest BCUT2D eigenvalue weighted by Gasteiger charge is 2.22. The Bertz CT molecular complexity index is 639. The average Bonchev–Trinajstić information content (AvgIpc) is 2.92. The van der Waals surface area contributed by atoms with Gasteiger partial charge in [0.25, 0.3) is 10.0 Å². The Labute approximate surface area is 111 Å². The fourth-order valence-electron chi connectivity index (χ4n) is 1.65. The van der Waals surface area contributed by atoms with E-state index in [1.165, 1.54) is 6.20 Å². The number of sulfonamides is 1. The minimum atomic E-state index is -3.69. The van der Waals surface area contributed by atoms with Crippen LogP contribution in [0.15, 0.2) is 35.7 Å². The molecule has 0 spiro atoms. The maximum atomic E-state index is 12.3. The summed E-state index contributed by atoms with van der Waals surface area (Å²) in [6.45, 7) is 1.74. The summed E-state index contributed by atoms with van der Waals surface area (Å²) in [5.74, 6) is 0. The van der Waals surface area contributed by atoms with Crippen LogP contribution in [-0.4, -0.2) is 30.6 Å². The van der Waals surface area contributed by atoms with Crippen molar-refractivity contribution < 1.29 is 8.42 Å². The number of aromatic amines is 1. The average molecular weight is 281 g/mol. The van der Waals surface area contributed by atoms with Crippen molar-refractivity contribution in [2.75, 3.05) is 12.4 Å². The van der Waals surface area contributed by atoms with E-state index in [4.69, 9.17) is 0 Å². The number of rotatable bonds is 5. The molecule has 2 aromatic heterocycles. The van der Waals surface area contributed by atoms with Crippen molar-refractivity contribution in [1.29, 1.82) is 0 Å². The number of anilines is 1. The van der Waals surface area contributed by atoms with Crippen LogP contribution in [0, 0.1) is 0 Å². The van der Waals surface area contributed by atoms with Gasteiger partial charge in [0.1, 0.15) is 0 Å². The van der Waals surface area contributed by atoms with Crippen molar-refractivity contribution in [3.05, 3.63) is 36.3 Å². The Hall–Kier alpha value is -1.93. The summed E-state index contributed by atoms with van der Waals surface area (Å²) in [5.41, 5.74) is 1.21. The van der Waals surface area contributed by atoms with Gasteiger partial charge < -0.3 is 5.32 Å². The molecule has 3 N–H and O–H groups in total. The lowest BCUT2D eigenvalue weighted by atomic mass is 10.2. The van der Waals surface area contributed by atoms with E-state index in [0.717, 1.165) is 5.56 Å². The van der Waals surface area contributed by atoms with E-state index in [1.54, 1.807) is 38.5 Å². The van der Waals surface area contributed by atoms with E-state index < -0.39 is 16.1 Å². The predicted octanol–water partition coefficient (Wildman–Crippen LogP) is 0.886. The van der Waals surface area contributed by atoms with Gasteiger partial charge in [0.15, 0.2) is 5.03 Å². The first-order valence-electron chi connectivity index (χ1n) is 5.68. The van der Waals surface area contributed by atoms with Gasteiger partial charge in [-0.1, -0.05) is 0 Å². The second-order valence-corrected chi connectivity index (χ2v) is 5.61. The molecule has 0 aromatic carbocycles. The first-order valence-corrected chi connectivity index (χ1v) is 7.16. The molecule has 0 aliphatic carbocycles. The molecule has 0 radical (unpaired) electrons. The fraction of sp³-hybridized carbons (Fsp3) is 0.273. The Morgan fingerprint density at radius 1 is 1.42 bits per heavy atom. The molecule has 0 fully saturated rings. The molecule has 2 rings (SSSR count). The van der Waals surface area contributed by atoms with Gasteiger partial charge in [0.05, 0.1) is 11.9 Å². The third-order valence-electron chi connectivity index (χ3n) is 2.65. The summed E-state index contributed by atoms with van der Waals surface area (Å²) >= 11 is 0. The minimum Gasteiger partial charge on any atom is -0.386 e. The Balaban J connectivity index is 2.28. The van der Waals surface area contributed by atoms with Crippen LogP contribution < -0.4 is 10.0 Å². The zero-order valence-corrected chi connectivity index (χ0v) is 11.4. The molecule has 0 saturated heterocycles. The lowest BCUT2D eigenvalue weighted by Crippen LogP contribution is -2.28. The van der Waals surface area contributed by atoms with E-state index >= 15 is 0 Å². The number of hydrogen-bond donors (Lipinski definition) is 3. The standard InChI is InChI=1S/C11H15N5O2S/c1-8(9-6-14-15-7-9)16-19(17,18)11-10(12-2)4-3-5-13-11/h3-8,12,16H,1-2H3,(H,14,15). The Kier molecular flexibility index (Phi) is 3.82. The number of nitrogens with zero attached hydrogens (tertiary/aromatic N) is 2. The predicted molar refractivity (Wildman–Crippen MR) is 71.1 cm³/mol. The zero-order chi connectivity index (χ0) is 13.9. The highest BCUT2D eigenvalue weighted by Crippen LogP contribution is 2.20. The monoisotopic (exact) mass is 281 g/mol. The van der Waals surface area contributed by atoms with E-state index in [0.29, 0.717) is 5.69 Å². The van der Waals surface area contributed by atoms with Gasteiger partial charge in [0.2, 0.25) is 0 Å². The van der Waals surface area contributed by atoms with Crippen LogP contribution in [0.1, 0.15) is 18.5 Å². The van der Waals surface area contributed by atoms with Crippen molar-refractivity contribution >= 4 is 15.7 Å². The summed E-state index contributed by atoms with van der Waals surface area (Å²) < 4.78 is 27.1. The summed E-state index contributed by atoms with van der Waals surface area (Å²) in [6, 6.07) is 2.93. The number of H-pyrrole nitrogens is 1. The normalized spacial score (nSPS) is 13.2. The fourth-order valence-corrected chi connectivity index (χ4v) is 3.02. The second-order valence-electron chi connectivity index (χ2n) is 3.98. The van der Waals surface area contributed by atoms with Gasteiger partial charge in [-0.2, -0.15) is 5.10 Å². The highest BCUT2D eigenvalue weighted by atomic mass is 32.2. The minimum absolute atomic E-state index is 0.0205. The largest absolute Gasteiger partial charge is 0.386 e. The van der Waals surface area contributed by atoms with Crippen LogP contribution in [-0.2, 0) is 10.0 Å². The van der Waals surface area contributed by atoms with Crippen LogP contribution in [0.4, 0.5) is 5.69 Å².